The molecule has 0 amide bonds. The normalized spacial score (nSPS) is 16.3. The SMILES string of the molecule is CCCNc1nc(C2CCC2)nc(C(C)(C)C)c1I. The molecule has 1 heterocycles. The van der Waals surface area contributed by atoms with Gasteiger partial charge in [-0.3, -0.25) is 0 Å². The summed E-state index contributed by atoms with van der Waals surface area (Å²) in [6.07, 6.45) is 4.93. The van der Waals surface area contributed by atoms with Crippen molar-refractivity contribution in [2.45, 2.75) is 64.7 Å². The van der Waals surface area contributed by atoms with Crippen LogP contribution < -0.4 is 5.32 Å². The zero-order valence-electron chi connectivity index (χ0n) is 12.4. The van der Waals surface area contributed by atoms with E-state index in [4.69, 9.17) is 9.97 Å². The van der Waals surface area contributed by atoms with Crippen LogP contribution >= 0.6 is 22.6 Å². The first kappa shape index (κ1) is 15.0. The second-order valence-corrected chi connectivity index (χ2v) is 7.48. The summed E-state index contributed by atoms with van der Waals surface area (Å²) in [6, 6.07) is 0. The van der Waals surface area contributed by atoms with Crippen LogP contribution in [-0.4, -0.2) is 16.5 Å². The molecule has 0 spiro atoms. The Labute approximate surface area is 130 Å². The topological polar surface area (TPSA) is 37.8 Å². The van der Waals surface area contributed by atoms with E-state index in [0.29, 0.717) is 5.92 Å². The Morgan fingerprint density at radius 3 is 2.42 bits per heavy atom. The van der Waals surface area contributed by atoms with Gasteiger partial charge in [-0.15, -0.1) is 0 Å². The van der Waals surface area contributed by atoms with E-state index in [1.165, 1.54) is 28.5 Å². The Morgan fingerprint density at radius 1 is 1.26 bits per heavy atom. The predicted molar refractivity (Wildman–Crippen MR) is 88.8 cm³/mol. The van der Waals surface area contributed by atoms with E-state index in [0.717, 1.165) is 24.6 Å². The van der Waals surface area contributed by atoms with Gasteiger partial charge in [0.05, 0.1) is 9.26 Å². The maximum Gasteiger partial charge on any atom is 0.143 e. The molecule has 0 saturated heterocycles. The lowest BCUT2D eigenvalue weighted by Gasteiger charge is -2.28. The maximum atomic E-state index is 4.88. The molecule has 0 aromatic carbocycles. The Bertz CT molecular complexity index is 447. The van der Waals surface area contributed by atoms with Crippen LogP contribution in [0, 0.1) is 3.57 Å². The third kappa shape index (κ3) is 3.38. The van der Waals surface area contributed by atoms with Crippen molar-refractivity contribution in [2.75, 3.05) is 11.9 Å². The quantitative estimate of drug-likeness (QED) is 0.792. The molecule has 4 heteroatoms. The highest BCUT2D eigenvalue weighted by Gasteiger charge is 2.28. The summed E-state index contributed by atoms with van der Waals surface area (Å²) in [5.41, 5.74) is 1.25. The lowest BCUT2D eigenvalue weighted by Crippen LogP contribution is -2.22. The van der Waals surface area contributed by atoms with Gasteiger partial charge in [0.1, 0.15) is 11.6 Å². The highest BCUT2D eigenvalue weighted by Crippen LogP contribution is 2.37. The Kier molecular flexibility index (Phi) is 4.69. The second-order valence-electron chi connectivity index (χ2n) is 6.40. The Hall–Kier alpha value is -0.390. The summed E-state index contributed by atoms with van der Waals surface area (Å²) in [5, 5.41) is 3.46. The fourth-order valence-electron chi connectivity index (χ4n) is 2.17. The minimum atomic E-state index is 0.0700. The first-order chi connectivity index (χ1) is 8.93. The minimum absolute atomic E-state index is 0.0700. The zero-order valence-corrected chi connectivity index (χ0v) is 14.5. The highest BCUT2D eigenvalue weighted by molar-refractivity contribution is 14.1. The molecule has 3 nitrogen and oxygen atoms in total. The van der Waals surface area contributed by atoms with Gasteiger partial charge < -0.3 is 5.32 Å². The molecule has 1 aromatic rings. The number of rotatable bonds is 4. The first-order valence-corrected chi connectivity index (χ1v) is 8.33. The third-order valence-corrected chi connectivity index (χ3v) is 4.61. The number of aromatic nitrogens is 2. The molecule has 1 N–H and O–H groups in total. The van der Waals surface area contributed by atoms with Gasteiger partial charge in [-0.2, -0.15) is 0 Å². The van der Waals surface area contributed by atoms with Crippen LogP contribution in [0.5, 0.6) is 0 Å². The average Bonchev–Trinajstić information content (AvgIpc) is 2.25. The molecule has 1 aromatic heterocycles. The van der Waals surface area contributed by atoms with Gasteiger partial charge in [0, 0.05) is 17.9 Å². The van der Waals surface area contributed by atoms with Crippen LogP contribution in [0.2, 0.25) is 0 Å². The molecule has 106 valence electrons. The fraction of sp³-hybridized carbons (Fsp3) is 0.733. The van der Waals surface area contributed by atoms with Gasteiger partial charge in [-0.25, -0.2) is 9.97 Å². The van der Waals surface area contributed by atoms with E-state index in [1.807, 2.05) is 0 Å². The van der Waals surface area contributed by atoms with E-state index in [2.05, 4.69) is 55.6 Å². The van der Waals surface area contributed by atoms with Crippen LogP contribution in [0.15, 0.2) is 0 Å². The van der Waals surface area contributed by atoms with Gasteiger partial charge in [-0.1, -0.05) is 34.1 Å². The van der Waals surface area contributed by atoms with Crippen LogP contribution in [0.3, 0.4) is 0 Å². The van der Waals surface area contributed by atoms with E-state index in [9.17, 15) is 0 Å². The van der Waals surface area contributed by atoms with Crippen LogP contribution in [-0.2, 0) is 5.41 Å². The van der Waals surface area contributed by atoms with Gasteiger partial charge in [-0.05, 0) is 41.9 Å². The summed E-state index contributed by atoms with van der Waals surface area (Å²) in [7, 11) is 0. The van der Waals surface area contributed by atoms with Crippen molar-refractivity contribution in [2.24, 2.45) is 0 Å². The fourth-order valence-corrected chi connectivity index (χ4v) is 3.41. The summed E-state index contributed by atoms with van der Waals surface area (Å²) < 4.78 is 1.18. The van der Waals surface area contributed by atoms with Crippen LogP contribution in [0.1, 0.15) is 70.8 Å². The lowest BCUT2D eigenvalue weighted by molar-refractivity contribution is 0.397. The number of nitrogens with one attached hydrogen (secondary N) is 1. The second kappa shape index (κ2) is 5.94. The Balaban J connectivity index is 2.40. The molecular formula is C15H24IN3. The molecule has 0 aliphatic heterocycles. The van der Waals surface area contributed by atoms with E-state index >= 15 is 0 Å². The minimum Gasteiger partial charge on any atom is -0.369 e. The van der Waals surface area contributed by atoms with Gasteiger partial charge in [0.2, 0.25) is 0 Å². The smallest absolute Gasteiger partial charge is 0.143 e. The maximum absolute atomic E-state index is 4.88. The van der Waals surface area contributed by atoms with Crippen molar-refractivity contribution in [3.8, 4) is 0 Å². The number of hydrogen-bond donors (Lipinski definition) is 1. The number of nitrogens with zero attached hydrogens (tertiary/aromatic N) is 2. The van der Waals surface area contributed by atoms with Gasteiger partial charge in [0.25, 0.3) is 0 Å². The molecule has 1 aliphatic carbocycles. The summed E-state index contributed by atoms with van der Waals surface area (Å²) in [6.45, 7) is 9.84. The highest BCUT2D eigenvalue weighted by atomic mass is 127. The number of halogens is 1. The molecular weight excluding hydrogens is 349 g/mol. The summed E-state index contributed by atoms with van der Waals surface area (Å²) in [4.78, 5) is 9.65. The monoisotopic (exact) mass is 373 g/mol. The van der Waals surface area contributed by atoms with Crippen molar-refractivity contribution < 1.29 is 0 Å². The van der Waals surface area contributed by atoms with Crippen LogP contribution in [0.4, 0.5) is 5.82 Å². The standard InChI is InChI=1S/C15H24IN3/c1-5-9-17-14-11(16)12(15(2,3)4)18-13(19-14)10-7-6-8-10/h10H,5-9H2,1-4H3,(H,17,18,19). The predicted octanol–water partition coefficient (Wildman–Crippen LogP) is 4.47. The van der Waals surface area contributed by atoms with Gasteiger partial charge in [0.15, 0.2) is 0 Å². The van der Waals surface area contributed by atoms with E-state index in [1.54, 1.807) is 0 Å². The molecule has 0 radical (unpaired) electrons. The molecule has 19 heavy (non-hydrogen) atoms. The molecule has 1 saturated carbocycles. The molecule has 1 fully saturated rings. The van der Waals surface area contributed by atoms with Gasteiger partial charge >= 0.3 is 0 Å². The number of hydrogen-bond acceptors (Lipinski definition) is 3. The van der Waals surface area contributed by atoms with Crippen molar-refractivity contribution in [3.05, 3.63) is 15.1 Å². The molecule has 0 bridgehead atoms. The summed E-state index contributed by atoms with van der Waals surface area (Å²) >= 11 is 2.39. The van der Waals surface area contributed by atoms with Crippen molar-refractivity contribution in [3.63, 3.8) is 0 Å². The number of anilines is 1. The van der Waals surface area contributed by atoms with Crippen LogP contribution in [0.25, 0.3) is 0 Å². The molecule has 0 unspecified atom stereocenters. The largest absolute Gasteiger partial charge is 0.369 e. The van der Waals surface area contributed by atoms with Crippen molar-refractivity contribution in [1.29, 1.82) is 0 Å². The first-order valence-electron chi connectivity index (χ1n) is 7.25. The van der Waals surface area contributed by atoms with E-state index in [-0.39, 0.29) is 5.41 Å². The third-order valence-electron chi connectivity index (χ3n) is 3.59. The van der Waals surface area contributed by atoms with Crippen molar-refractivity contribution >= 4 is 28.4 Å². The Morgan fingerprint density at radius 2 is 1.95 bits per heavy atom. The molecule has 0 atom stereocenters. The average molecular weight is 373 g/mol. The van der Waals surface area contributed by atoms with E-state index < -0.39 is 0 Å². The lowest BCUT2D eigenvalue weighted by atomic mass is 9.84. The summed E-state index contributed by atoms with van der Waals surface area (Å²) in [5.74, 6) is 2.67. The zero-order chi connectivity index (χ0) is 14.0. The molecule has 1 aliphatic rings. The van der Waals surface area contributed by atoms with Crippen molar-refractivity contribution in [1.82, 2.24) is 9.97 Å². The molecule has 2 rings (SSSR count).